The second-order valence-corrected chi connectivity index (χ2v) is 4.32. The molecule has 0 saturated heterocycles. The highest BCUT2D eigenvalue weighted by Crippen LogP contribution is 2.14. The van der Waals surface area contributed by atoms with Crippen molar-refractivity contribution in [3.63, 3.8) is 0 Å². The molecule has 2 rings (SSSR count). The minimum Gasteiger partial charge on any atom is -0.321 e. The minimum absolute atomic E-state index is 0.219. The molecule has 0 spiro atoms. The molecule has 0 bridgehead atoms. The first-order valence-electron chi connectivity index (χ1n) is 5.06. The molecule has 18 heavy (non-hydrogen) atoms. The average molecular weight is 308 g/mol. The third kappa shape index (κ3) is 3.02. The Labute approximate surface area is 112 Å². The summed E-state index contributed by atoms with van der Waals surface area (Å²) in [7, 11) is 0. The number of aromatic nitrogens is 2. The van der Waals surface area contributed by atoms with Crippen molar-refractivity contribution in [1.29, 1.82) is 0 Å². The van der Waals surface area contributed by atoms with E-state index >= 15 is 0 Å². The molecule has 1 heterocycles. The van der Waals surface area contributed by atoms with Crippen LogP contribution in [0.15, 0.2) is 40.9 Å². The monoisotopic (exact) mass is 307 g/mol. The second-order valence-electron chi connectivity index (χ2n) is 3.41. The standard InChI is InChI=1S/C11H10BrN5O/c12-7-1-3-8(4-2-7)14-11(18)9-5-6-10(15-13)17-16-9/h1-6H,13H2,(H,14,18)(H,15,17). The molecule has 1 aromatic carbocycles. The van der Waals surface area contributed by atoms with E-state index in [0.29, 0.717) is 11.5 Å². The van der Waals surface area contributed by atoms with Crippen molar-refractivity contribution >= 4 is 33.3 Å². The van der Waals surface area contributed by atoms with E-state index in [1.165, 1.54) is 6.07 Å². The first-order chi connectivity index (χ1) is 8.69. The summed E-state index contributed by atoms with van der Waals surface area (Å²) < 4.78 is 0.943. The molecule has 0 unspecified atom stereocenters. The van der Waals surface area contributed by atoms with Crippen molar-refractivity contribution in [2.45, 2.75) is 0 Å². The fourth-order valence-electron chi connectivity index (χ4n) is 1.26. The van der Waals surface area contributed by atoms with E-state index in [0.717, 1.165) is 4.47 Å². The van der Waals surface area contributed by atoms with Gasteiger partial charge in [-0.05, 0) is 36.4 Å². The van der Waals surface area contributed by atoms with Crippen molar-refractivity contribution in [2.75, 3.05) is 10.7 Å². The van der Waals surface area contributed by atoms with Crippen molar-refractivity contribution in [2.24, 2.45) is 5.84 Å². The van der Waals surface area contributed by atoms with Gasteiger partial charge in [-0.15, -0.1) is 10.2 Å². The molecule has 1 amide bonds. The molecular formula is C11H10BrN5O. The Bertz CT molecular complexity index is 540. The Balaban J connectivity index is 2.09. The zero-order valence-electron chi connectivity index (χ0n) is 9.22. The van der Waals surface area contributed by atoms with Crippen LogP contribution in [0.25, 0.3) is 0 Å². The predicted molar refractivity (Wildman–Crippen MR) is 71.9 cm³/mol. The van der Waals surface area contributed by atoms with Gasteiger partial charge in [-0.2, -0.15) is 0 Å². The van der Waals surface area contributed by atoms with Crippen LogP contribution in [0.3, 0.4) is 0 Å². The number of carbonyl (C=O) groups excluding carboxylic acids is 1. The average Bonchev–Trinajstić information content (AvgIpc) is 2.41. The summed E-state index contributed by atoms with van der Waals surface area (Å²) in [6, 6.07) is 10.3. The van der Waals surface area contributed by atoms with E-state index in [-0.39, 0.29) is 11.6 Å². The Morgan fingerprint density at radius 3 is 2.39 bits per heavy atom. The number of anilines is 2. The highest BCUT2D eigenvalue weighted by molar-refractivity contribution is 9.10. The number of nitrogens with one attached hydrogen (secondary N) is 2. The molecule has 0 atom stereocenters. The number of nitrogens with two attached hydrogens (primary N) is 1. The van der Waals surface area contributed by atoms with E-state index in [1.54, 1.807) is 18.2 Å². The van der Waals surface area contributed by atoms with Gasteiger partial charge in [0.15, 0.2) is 11.5 Å². The number of nitrogens with zero attached hydrogens (tertiary/aromatic N) is 2. The summed E-state index contributed by atoms with van der Waals surface area (Å²) in [5, 5.41) is 10.2. The largest absolute Gasteiger partial charge is 0.321 e. The summed E-state index contributed by atoms with van der Waals surface area (Å²) in [6.07, 6.45) is 0. The van der Waals surface area contributed by atoms with Gasteiger partial charge in [0.05, 0.1) is 0 Å². The molecule has 0 aliphatic rings. The maximum atomic E-state index is 11.8. The number of hydrogen-bond acceptors (Lipinski definition) is 5. The molecule has 92 valence electrons. The molecular weight excluding hydrogens is 298 g/mol. The van der Waals surface area contributed by atoms with Crippen LogP contribution in [0.4, 0.5) is 11.5 Å². The van der Waals surface area contributed by atoms with E-state index < -0.39 is 0 Å². The molecule has 0 aliphatic carbocycles. The van der Waals surface area contributed by atoms with Crippen LogP contribution in [-0.4, -0.2) is 16.1 Å². The zero-order chi connectivity index (χ0) is 13.0. The summed E-state index contributed by atoms with van der Waals surface area (Å²) >= 11 is 3.32. The van der Waals surface area contributed by atoms with Gasteiger partial charge < -0.3 is 10.7 Å². The summed E-state index contributed by atoms with van der Waals surface area (Å²) in [6.45, 7) is 0. The molecule has 4 N–H and O–H groups in total. The molecule has 0 aliphatic heterocycles. The van der Waals surface area contributed by atoms with Gasteiger partial charge in [0.2, 0.25) is 0 Å². The first-order valence-corrected chi connectivity index (χ1v) is 5.85. The van der Waals surface area contributed by atoms with Crippen LogP contribution < -0.4 is 16.6 Å². The lowest BCUT2D eigenvalue weighted by Gasteiger charge is -2.04. The normalized spacial score (nSPS) is 9.89. The predicted octanol–water partition coefficient (Wildman–Crippen LogP) is 1.78. The highest BCUT2D eigenvalue weighted by Gasteiger charge is 2.08. The van der Waals surface area contributed by atoms with E-state index in [9.17, 15) is 4.79 Å². The third-order valence-electron chi connectivity index (χ3n) is 2.15. The highest BCUT2D eigenvalue weighted by atomic mass is 79.9. The number of carbonyl (C=O) groups is 1. The van der Waals surface area contributed by atoms with Crippen molar-refractivity contribution in [3.05, 3.63) is 46.6 Å². The van der Waals surface area contributed by atoms with Gasteiger partial charge in [0.1, 0.15) is 0 Å². The zero-order valence-corrected chi connectivity index (χ0v) is 10.8. The van der Waals surface area contributed by atoms with Crippen molar-refractivity contribution in [3.8, 4) is 0 Å². The SMILES string of the molecule is NNc1ccc(C(=O)Nc2ccc(Br)cc2)nn1. The number of nitrogen functional groups attached to an aromatic ring is 1. The van der Waals surface area contributed by atoms with Crippen LogP contribution in [0.1, 0.15) is 10.5 Å². The van der Waals surface area contributed by atoms with Gasteiger partial charge in [-0.1, -0.05) is 15.9 Å². The molecule has 0 fully saturated rings. The van der Waals surface area contributed by atoms with Gasteiger partial charge in [0.25, 0.3) is 5.91 Å². The van der Waals surface area contributed by atoms with Gasteiger partial charge >= 0.3 is 0 Å². The van der Waals surface area contributed by atoms with E-state index in [1.807, 2.05) is 12.1 Å². The fourth-order valence-corrected chi connectivity index (χ4v) is 1.52. The van der Waals surface area contributed by atoms with Crippen molar-refractivity contribution < 1.29 is 4.79 Å². The third-order valence-corrected chi connectivity index (χ3v) is 2.68. The quantitative estimate of drug-likeness (QED) is 0.593. The lowest BCUT2D eigenvalue weighted by molar-refractivity contribution is 0.102. The minimum atomic E-state index is -0.326. The molecule has 0 saturated carbocycles. The van der Waals surface area contributed by atoms with E-state index in [4.69, 9.17) is 5.84 Å². The summed E-state index contributed by atoms with van der Waals surface area (Å²) in [5.41, 5.74) is 3.24. The molecule has 2 aromatic rings. The van der Waals surface area contributed by atoms with Crippen LogP contribution >= 0.6 is 15.9 Å². The maximum absolute atomic E-state index is 11.8. The van der Waals surface area contributed by atoms with Gasteiger partial charge in [0, 0.05) is 10.2 Å². The van der Waals surface area contributed by atoms with Crippen LogP contribution in [0, 0.1) is 0 Å². The second kappa shape index (κ2) is 5.56. The van der Waals surface area contributed by atoms with Crippen LogP contribution in [-0.2, 0) is 0 Å². The molecule has 1 aromatic heterocycles. The van der Waals surface area contributed by atoms with Gasteiger partial charge in [-0.25, -0.2) is 5.84 Å². The smallest absolute Gasteiger partial charge is 0.276 e. The number of rotatable bonds is 3. The molecule has 7 heteroatoms. The Morgan fingerprint density at radius 2 is 1.83 bits per heavy atom. The lowest BCUT2D eigenvalue weighted by Crippen LogP contribution is -2.16. The number of hydrazine groups is 1. The lowest BCUT2D eigenvalue weighted by atomic mass is 10.3. The number of halogens is 1. The Kier molecular flexibility index (Phi) is 3.85. The Morgan fingerprint density at radius 1 is 1.11 bits per heavy atom. The van der Waals surface area contributed by atoms with Crippen molar-refractivity contribution in [1.82, 2.24) is 10.2 Å². The first kappa shape index (κ1) is 12.5. The topological polar surface area (TPSA) is 92.9 Å². The van der Waals surface area contributed by atoms with Crippen LogP contribution in [0.5, 0.6) is 0 Å². The fraction of sp³-hybridized carbons (Fsp3) is 0. The number of hydrogen-bond donors (Lipinski definition) is 3. The number of amides is 1. The molecule has 0 radical (unpaired) electrons. The Hall–Kier alpha value is -1.99. The maximum Gasteiger partial charge on any atom is 0.276 e. The van der Waals surface area contributed by atoms with Gasteiger partial charge in [-0.3, -0.25) is 4.79 Å². The van der Waals surface area contributed by atoms with E-state index in [2.05, 4.69) is 36.9 Å². The summed E-state index contributed by atoms with van der Waals surface area (Å²) in [4.78, 5) is 11.8. The number of benzene rings is 1. The van der Waals surface area contributed by atoms with Crippen LogP contribution in [0.2, 0.25) is 0 Å². The summed E-state index contributed by atoms with van der Waals surface area (Å²) in [5.74, 6) is 5.23. The molecule has 6 nitrogen and oxygen atoms in total.